The number of hydrogen-bond donors (Lipinski definition) is 2. The van der Waals surface area contributed by atoms with E-state index in [4.69, 9.17) is 10.2 Å². The molecule has 0 bridgehead atoms. The average Bonchev–Trinajstić information content (AvgIpc) is 2.13. The lowest BCUT2D eigenvalue weighted by molar-refractivity contribution is 0.0646. The van der Waals surface area contributed by atoms with Crippen molar-refractivity contribution in [3.8, 4) is 0 Å². The highest BCUT2D eigenvalue weighted by Gasteiger charge is 2.06. The Morgan fingerprint density at radius 1 is 1.15 bits per heavy atom. The van der Waals surface area contributed by atoms with E-state index in [1.807, 2.05) is 11.9 Å². The number of nitrogens with zero attached hydrogens (tertiary/aromatic N) is 2. The molecule has 0 fully saturated rings. The lowest BCUT2D eigenvalue weighted by atomic mass is 10.3. The molecule has 0 saturated carbocycles. The molecule has 4 heteroatoms. The second kappa shape index (κ2) is 7.26. The lowest BCUT2D eigenvalue weighted by Gasteiger charge is -2.22. The van der Waals surface area contributed by atoms with Crippen molar-refractivity contribution in [3.05, 3.63) is 0 Å². The summed E-state index contributed by atoms with van der Waals surface area (Å²) >= 11 is 0. The van der Waals surface area contributed by atoms with Gasteiger partial charge in [-0.3, -0.25) is 0 Å². The van der Waals surface area contributed by atoms with Crippen LogP contribution in [0.25, 0.3) is 0 Å². The van der Waals surface area contributed by atoms with Gasteiger partial charge >= 0.3 is 0 Å². The van der Waals surface area contributed by atoms with Crippen LogP contribution in [0.5, 0.6) is 0 Å². The summed E-state index contributed by atoms with van der Waals surface area (Å²) < 4.78 is 0. The van der Waals surface area contributed by atoms with E-state index in [1.165, 1.54) is 0 Å². The summed E-state index contributed by atoms with van der Waals surface area (Å²) in [5, 5.41) is 17.8. The predicted octanol–water partition coefficient (Wildman–Crippen LogP) is -0.777. The molecule has 4 nitrogen and oxygen atoms in total. The second-order valence-corrected chi connectivity index (χ2v) is 3.49. The van der Waals surface area contributed by atoms with Crippen molar-refractivity contribution in [1.29, 1.82) is 0 Å². The van der Waals surface area contributed by atoms with Gasteiger partial charge in [-0.1, -0.05) is 6.92 Å². The Bertz CT molecular complexity index is 122. The smallest absolute Gasteiger partial charge is 0.0897 e. The van der Waals surface area contributed by atoms with E-state index in [9.17, 15) is 0 Å². The topological polar surface area (TPSA) is 46.9 Å². The second-order valence-electron chi connectivity index (χ2n) is 3.49. The fraction of sp³-hybridized carbons (Fsp3) is 1.00. The third-order valence-electron chi connectivity index (χ3n) is 2.14. The molecule has 0 heterocycles. The summed E-state index contributed by atoms with van der Waals surface area (Å²) in [6.45, 7) is 5.44. The van der Waals surface area contributed by atoms with Crippen molar-refractivity contribution in [2.45, 2.75) is 13.0 Å². The van der Waals surface area contributed by atoms with E-state index in [0.29, 0.717) is 6.54 Å². The summed E-state index contributed by atoms with van der Waals surface area (Å²) in [6.07, 6.45) is -0.614. The molecule has 0 aromatic carbocycles. The molecule has 13 heavy (non-hydrogen) atoms. The molecule has 1 atom stereocenters. The molecule has 0 saturated heterocycles. The third-order valence-corrected chi connectivity index (χ3v) is 2.14. The van der Waals surface area contributed by atoms with Crippen molar-refractivity contribution < 1.29 is 10.2 Å². The van der Waals surface area contributed by atoms with Gasteiger partial charge in [-0.25, -0.2) is 0 Å². The van der Waals surface area contributed by atoms with Crippen molar-refractivity contribution >= 4 is 0 Å². The molecule has 0 rings (SSSR count). The molecule has 80 valence electrons. The van der Waals surface area contributed by atoms with Crippen molar-refractivity contribution in [2.24, 2.45) is 0 Å². The molecule has 0 amide bonds. The minimum Gasteiger partial charge on any atom is -0.394 e. The van der Waals surface area contributed by atoms with E-state index in [1.54, 1.807) is 0 Å². The zero-order valence-corrected chi connectivity index (χ0v) is 8.90. The normalized spacial score (nSPS) is 14.1. The largest absolute Gasteiger partial charge is 0.394 e. The number of aliphatic hydroxyl groups excluding tert-OH is 2. The first-order valence-corrected chi connectivity index (χ1v) is 4.76. The summed E-state index contributed by atoms with van der Waals surface area (Å²) in [7, 11) is 4.01. The molecule has 0 aliphatic rings. The first kappa shape index (κ1) is 12.8. The molecular formula is C9H22N2O2. The van der Waals surface area contributed by atoms with E-state index < -0.39 is 6.10 Å². The molecule has 1 unspecified atom stereocenters. The van der Waals surface area contributed by atoms with Crippen molar-refractivity contribution in [1.82, 2.24) is 9.80 Å². The van der Waals surface area contributed by atoms with Gasteiger partial charge in [0.2, 0.25) is 0 Å². The van der Waals surface area contributed by atoms with Gasteiger partial charge in [-0.15, -0.1) is 0 Å². The van der Waals surface area contributed by atoms with Gasteiger partial charge in [0.15, 0.2) is 0 Å². The van der Waals surface area contributed by atoms with Crippen LogP contribution in [0, 0.1) is 0 Å². The zero-order valence-electron chi connectivity index (χ0n) is 8.90. The van der Waals surface area contributed by atoms with Crippen LogP contribution in [0.2, 0.25) is 0 Å². The van der Waals surface area contributed by atoms with Gasteiger partial charge in [0.25, 0.3) is 0 Å². The summed E-state index contributed by atoms with van der Waals surface area (Å²) in [5.41, 5.74) is 0. The minimum absolute atomic E-state index is 0.159. The van der Waals surface area contributed by atoms with Gasteiger partial charge in [-0.2, -0.15) is 0 Å². The van der Waals surface area contributed by atoms with Gasteiger partial charge in [-0.05, 0) is 20.6 Å². The van der Waals surface area contributed by atoms with Crippen molar-refractivity contribution in [3.63, 3.8) is 0 Å². The van der Waals surface area contributed by atoms with Crippen LogP contribution in [0.4, 0.5) is 0 Å². The maximum absolute atomic E-state index is 9.15. The van der Waals surface area contributed by atoms with E-state index in [2.05, 4.69) is 18.9 Å². The maximum Gasteiger partial charge on any atom is 0.0897 e. The number of aliphatic hydroxyl groups is 2. The van der Waals surface area contributed by atoms with Crippen LogP contribution in [0.3, 0.4) is 0 Å². The Labute approximate surface area is 80.8 Å². The molecule has 0 radical (unpaired) electrons. The van der Waals surface area contributed by atoms with Crippen LogP contribution in [-0.4, -0.2) is 73.0 Å². The Balaban J connectivity index is 3.45. The number of hydrogen-bond acceptors (Lipinski definition) is 4. The van der Waals surface area contributed by atoms with E-state index in [-0.39, 0.29) is 6.61 Å². The lowest BCUT2D eigenvalue weighted by Crippen LogP contribution is -2.36. The van der Waals surface area contributed by atoms with Crippen LogP contribution < -0.4 is 0 Å². The highest BCUT2D eigenvalue weighted by molar-refractivity contribution is 4.61. The summed E-state index contributed by atoms with van der Waals surface area (Å²) in [5.74, 6) is 0. The highest BCUT2D eigenvalue weighted by Crippen LogP contribution is 1.89. The molecule has 2 N–H and O–H groups in total. The first-order chi connectivity index (χ1) is 6.10. The average molecular weight is 190 g/mol. The predicted molar refractivity (Wildman–Crippen MR) is 53.8 cm³/mol. The molecule has 0 spiro atoms. The monoisotopic (exact) mass is 190 g/mol. The Hall–Kier alpha value is -0.160. The van der Waals surface area contributed by atoms with Gasteiger partial charge in [0, 0.05) is 19.6 Å². The van der Waals surface area contributed by atoms with E-state index in [0.717, 1.165) is 19.6 Å². The quantitative estimate of drug-likeness (QED) is 0.553. The fourth-order valence-electron chi connectivity index (χ4n) is 1.01. The maximum atomic E-state index is 9.15. The summed E-state index contributed by atoms with van der Waals surface area (Å²) in [4.78, 5) is 4.23. The Morgan fingerprint density at radius 3 is 2.15 bits per heavy atom. The SMILES string of the molecule is CCN(C)CCN(C)CC(O)CO. The Kier molecular flexibility index (Phi) is 7.17. The van der Waals surface area contributed by atoms with Crippen LogP contribution in [-0.2, 0) is 0 Å². The van der Waals surface area contributed by atoms with Crippen LogP contribution in [0.15, 0.2) is 0 Å². The summed E-state index contributed by atoms with van der Waals surface area (Å²) in [6, 6.07) is 0. The Morgan fingerprint density at radius 2 is 1.69 bits per heavy atom. The number of likely N-dealkylation sites (N-methyl/N-ethyl adjacent to an activating group) is 2. The zero-order chi connectivity index (χ0) is 10.3. The van der Waals surface area contributed by atoms with Crippen LogP contribution in [0.1, 0.15) is 6.92 Å². The van der Waals surface area contributed by atoms with Gasteiger partial charge < -0.3 is 20.0 Å². The standard InChI is InChI=1S/C9H22N2O2/c1-4-10(2)5-6-11(3)7-9(13)8-12/h9,12-13H,4-8H2,1-3H3. The minimum atomic E-state index is -0.614. The fourth-order valence-corrected chi connectivity index (χ4v) is 1.01. The highest BCUT2D eigenvalue weighted by atomic mass is 16.3. The van der Waals surface area contributed by atoms with Gasteiger partial charge in [0.1, 0.15) is 0 Å². The molecule has 0 aliphatic carbocycles. The molecular weight excluding hydrogens is 168 g/mol. The molecule has 0 aromatic heterocycles. The first-order valence-electron chi connectivity index (χ1n) is 4.76. The van der Waals surface area contributed by atoms with Crippen LogP contribution >= 0.6 is 0 Å². The number of rotatable bonds is 7. The molecule has 0 aromatic rings. The van der Waals surface area contributed by atoms with E-state index >= 15 is 0 Å². The third kappa shape index (κ3) is 6.95. The van der Waals surface area contributed by atoms with Crippen molar-refractivity contribution in [2.75, 3.05) is 46.9 Å². The van der Waals surface area contributed by atoms with Gasteiger partial charge in [0.05, 0.1) is 12.7 Å². The molecule has 0 aliphatic heterocycles.